The highest BCUT2D eigenvalue weighted by Crippen LogP contribution is 2.26. The fourth-order valence-electron chi connectivity index (χ4n) is 4.23. The van der Waals surface area contributed by atoms with E-state index in [1.54, 1.807) is 0 Å². The fourth-order valence-corrected chi connectivity index (χ4v) is 4.23. The summed E-state index contributed by atoms with van der Waals surface area (Å²) in [6, 6.07) is 18.5. The summed E-state index contributed by atoms with van der Waals surface area (Å²) in [4.78, 5) is 22.2. The number of rotatable bonds is 4. The molecule has 1 aromatic heterocycles. The van der Waals surface area contributed by atoms with Gasteiger partial charge in [-0.3, -0.25) is 9.78 Å². The standard InChI is InChI=1S/C24H27N3O/c1-17-8-7-11-21-22(14-18(2)25-23(17)21)24(28)26(3)15-19-12-13-27(16-19)20-9-5-4-6-10-20/h4-11,14,19H,12-13,15-16H2,1-3H3/t19-/m0/s1. The maximum absolute atomic E-state index is 13.2. The van der Waals surface area contributed by atoms with E-state index in [4.69, 9.17) is 0 Å². The molecular formula is C24H27N3O. The molecule has 28 heavy (non-hydrogen) atoms. The number of aromatic nitrogens is 1. The Morgan fingerprint density at radius 1 is 1.14 bits per heavy atom. The summed E-state index contributed by atoms with van der Waals surface area (Å²) >= 11 is 0. The largest absolute Gasteiger partial charge is 0.371 e. The van der Waals surface area contributed by atoms with Crippen LogP contribution < -0.4 is 4.90 Å². The van der Waals surface area contributed by atoms with Crippen molar-refractivity contribution < 1.29 is 4.79 Å². The number of pyridine rings is 1. The summed E-state index contributed by atoms with van der Waals surface area (Å²) in [6.07, 6.45) is 1.11. The Labute approximate surface area is 166 Å². The first kappa shape index (κ1) is 18.5. The van der Waals surface area contributed by atoms with E-state index in [2.05, 4.69) is 34.1 Å². The van der Waals surface area contributed by atoms with Crippen LogP contribution in [0.25, 0.3) is 10.9 Å². The topological polar surface area (TPSA) is 36.4 Å². The van der Waals surface area contributed by atoms with Crippen molar-refractivity contribution in [3.05, 3.63) is 71.4 Å². The van der Waals surface area contributed by atoms with Gasteiger partial charge in [0.25, 0.3) is 5.91 Å². The van der Waals surface area contributed by atoms with Crippen molar-refractivity contribution in [2.24, 2.45) is 5.92 Å². The van der Waals surface area contributed by atoms with Crippen LogP contribution >= 0.6 is 0 Å². The summed E-state index contributed by atoms with van der Waals surface area (Å²) in [5, 5.41) is 0.944. The second kappa shape index (κ2) is 7.63. The Morgan fingerprint density at radius 2 is 1.93 bits per heavy atom. The number of fused-ring (bicyclic) bond motifs is 1. The summed E-state index contributed by atoms with van der Waals surface area (Å²) in [6.45, 7) is 6.82. The molecule has 0 unspecified atom stereocenters. The lowest BCUT2D eigenvalue weighted by Gasteiger charge is -2.23. The summed E-state index contributed by atoms with van der Waals surface area (Å²) in [5.41, 5.74) is 4.94. The molecule has 0 bridgehead atoms. The minimum atomic E-state index is 0.0826. The molecule has 2 aromatic carbocycles. The van der Waals surface area contributed by atoms with Crippen molar-refractivity contribution in [2.45, 2.75) is 20.3 Å². The van der Waals surface area contributed by atoms with E-state index in [9.17, 15) is 4.79 Å². The lowest BCUT2D eigenvalue weighted by Crippen LogP contribution is -2.33. The highest BCUT2D eigenvalue weighted by Gasteiger charge is 2.26. The number of aryl methyl sites for hydroxylation is 2. The molecule has 1 aliphatic heterocycles. The van der Waals surface area contributed by atoms with Crippen LogP contribution in [0.2, 0.25) is 0 Å². The maximum atomic E-state index is 13.2. The summed E-state index contributed by atoms with van der Waals surface area (Å²) in [5.74, 6) is 0.573. The van der Waals surface area contributed by atoms with Crippen molar-refractivity contribution >= 4 is 22.5 Å². The molecular weight excluding hydrogens is 346 g/mol. The van der Waals surface area contributed by atoms with Gasteiger partial charge < -0.3 is 9.80 Å². The van der Waals surface area contributed by atoms with E-state index in [0.717, 1.165) is 53.8 Å². The smallest absolute Gasteiger partial charge is 0.254 e. The van der Waals surface area contributed by atoms with E-state index in [-0.39, 0.29) is 5.91 Å². The molecule has 4 rings (SSSR count). The molecule has 1 aliphatic rings. The van der Waals surface area contributed by atoms with Gasteiger partial charge in [0.05, 0.1) is 11.1 Å². The number of amides is 1. The van der Waals surface area contributed by atoms with Crippen molar-refractivity contribution in [2.75, 3.05) is 31.6 Å². The van der Waals surface area contributed by atoms with Gasteiger partial charge in [-0.1, -0.05) is 36.4 Å². The van der Waals surface area contributed by atoms with E-state index >= 15 is 0 Å². The first-order valence-corrected chi connectivity index (χ1v) is 9.95. The quantitative estimate of drug-likeness (QED) is 0.678. The zero-order chi connectivity index (χ0) is 19.7. The lowest BCUT2D eigenvalue weighted by molar-refractivity contribution is 0.0778. The van der Waals surface area contributed by atoms with Gasteiger partial charge in [0.1, 0.15) is 0 Å². The SMILES string of the molecule is Cc1cc(C(=O)N(C)C[C@@H]2CCN(c3ccccc3)C2)c2cccc(C)c2n1. The third-order valence-electron chi connectivity index (χ3n) is 5.69. The number of nitrogens with zero attached hydrogens (tertiary/aromatic N) is 3. The fraction of sp³-hybridized carbons (Fsp3) is 0.333. The molecule has 0 N–H and O–H groups in total. The zero-order valence-electron chi connectivity index (χ0n) is 16.9. The highest BCUT2D eigenvalue weighted by atomic mass is 16.2. The number of benzene rings is 2. The third kappa shape index (κ3) is 3.59. The molecule has 1 atom stereocenters. The van der Waals surface area contributed by atoms with Crippen LogP contribution in [-0.4, -0.2) is 42.5 Å². The molecule has 4 heteroatoms. The van der Waals surface area contributed by atoms with E-state index in [1.165, 1.54) is 5.69 Å². The van der Waals surface area contributed by atoms with Gasteiger partial charge >= 0.3 is 0 Å². The lowest BCUT2D eigenvalue weighted by atomic mass is 10.0. The van der Waals surface area contributed by atoms with Crippen LogP contribution in [0.5, 0.6) is 0 Å². The second-order valence-corrected chi connectivity index (χ2v) is 7.90. The number of hydrogen-bond acceptors (Lipinski definition) is 3. The molecule has 1 saturated heterocycles. The van der Waals surface area contributed by atoms with Gasteiger partial charge in [-0.15, -0.1) is 0 Å². The molecule has 1 amide bonds. The Kier molecular flexibility index (Phi) is 5.03. The van der Waals surface area contributed by atoms with Gasteiger partial charge in [0, 0.05) is 43.4 Å². The molecule has 2 heterocycles. The second-order valence-electron chi connectivity index (χ2n) is 7.90. The number of hydrogen-bond donors (Lipinski definition) is 0. The molecule has 3 aromatic rings. The van der Waals surface area contributed by atoms with Gasteiger partial charge in [-0.2, -0.15) is 0 Å². The number of anilines is 1. The van der Waals surface area contributed by atoms with Crippen molar-refractivity contribution in [1.82, 2.24) is 9.88 Å². The van der Waals surface area contributed by atoms with Crippen molar-refractivity contribution in [3.8, 4) is 0 Å². The molecule has 0 radical (unpaired) electrons. The Morgan fingerprint density at radius 3 is 2.71 bits per heavy atom. The van der Waals surface area contributed by atoms with Gasteiger partial charge in [0.2, 0.25) is 0 Å². The molecule has 0 aliphatic carbocycles. The van der Waals surface area contributed by atoms with Crippen molar-refractivity contribution in [3.63, 3.8) is 0 Å². The van der Waals surface area contributed by atoms with Crippen LogP contribution in [0, 0.1) is 19.8 Å². The normalized spacial score (nSPS) is 16.5. The summed E-state index contributed by atoms with van der Waals surface area (Å²) in [7, 11) is 1.92. The molecule has 144 valence electrons. The van der Waals surface area contributed by atoms with Crippen LogP contribution in [0.4, 0.5) is 5.69 Å². The summed E-state index contributed by atoms with van der Waals surface area (Å²) < 4.78 is 0. The molecule has 1 fully saturated rings. The Balaban J connectivity index is 1.50. The third-order valence-corrected chi connectivity index (χ3v) is 5.69. The Bertz CT molecular complexity index is 999. The van der Waals surface area contributed by atoms with E-state index in [0.29, 0.717) is 5.92 Å². The predicted molar refractivity (Wildman–Crippen MR) is 115 cm³/mol. The molecule has 0 spiro atoms. The predicted octanol–water partition coefficient (Wildman–Crippen LogP) is 4.45. The highest BCUT2D eigenvalue weighted by molar-refractivity contribution is 6.06. The van der Waals surface area contributed by atoms with Crippen LogP contribution in [0.15, 0.2) is 54.6 Å². The van der Waals surface area contributed by atoms with Crippen molar-refractivity contribution in [1.29, 1.82) is 0 Å². The number of carbonyl (C=O) groups is 1. The number of para-hydroxylation sites is 2. The number of carbonyl (C=O) groups excluding carboxylic acids is 1. The van der Waals surface area contributed by atoms with Gasteiger partial charge in [0.15, 0.2) is 0 Å². The van der Waals surface area contributed by atoms with Gasteiger partial charge in [-0.25, -0.2) is 0 Å². The van der Waals surface area contributed by atoms with E-state index in [1.807, 2.05) is 56.1 Å². The van der Waals surface area contributed by atoms with Gasteiger partial charge in [-0.05, 0) is 49.9 Å². The first-order chi connectivity index (χ1) is 13.5. The van der Waals surface area contributed by atoms with Crippen LogP contribution in [0.1, 0.15) is 28.0 Å². The minimum Gasteiger partial charge on any atom is -0.371 e. The first-order valence-electron chi connectivity index (χ1n) is 9.95. The molecule has 4 nitrogen and oxygen atoms in total. The molecule has 0 saturated carbocycles. The Hall–Kier alpha value is -2.88. The minimum absolute atomic E-state index is 0.0826. The zero-order valence-corrected chi connectivity index (χ0v) is 16.9. The van der Waals surface area contributed by atoms with E-state index < -0.39 is 0 Å². The van der Waals surface area contributed by atoms with Crippen LogP contribution in [-0.2, 0) is 0 Å². The monoisotopic (exact) mass is 373 g/mol. The maximum Gasteiger partial charge on any atom is 0.254 e. The average Bonchev–Trinajstić information content (AvgIpc) is 3.17. The van der Waals surface area contributed by atoms with Crippen LogP contribution in [0.3, 0.4) is 0 Å². The average molecular weight is 374 g/mol.